The van der Waals surface area contributed by atoms with Gasteiger partial charge in [0.25, 0.3) is 0 Å². The number of rotatable bonds is 6. The molecule has 2 atom stereocenters. The van der Waals surface area contributed by atoms with Crippen molar-refractivity contribution in [1.29, 1.82) is 0 Å². The van der Waals surface area contributed by atoms with Crippen molar-refractivity contribution in [3.05, 3.63) is 50.0 Å². The lowest BCUT2D eigenvalue weighted by Gasteiger charge is -2.14. The van der Waals surface area contributed by atoms with Crippen LogP contribution in [-0.4, -0.2) is 9.65 Å². The number of hydrogen-bond donors (Lipinski definition) is 0. The van der Waals surface area contributed by atoms with Gasteiger partial charge in [-0.25, -0.2) is 0 Å². The molecule has 0 radical (unpaired) electrons. The Labute approximate surface area is 96.1 Å². The number of ether oxygens (including phenoxy) is 1. The van der Waals surface area contributed by atoms with Crippen molar-refractivity contribution in [3.8, 4) is 0 Å². The molecule has 0 aromatic heterocycles. The van der Waals surface area contributed by atoms with Crippen molar-refractivity contribution in [2.24, 2.45) is 0 Å². The van der Waals surface area contributed by atoms with Gasteiger partial charge in [0.15, 0.2) is 0 Å². The summed E-state index contributed by atoms with van der Waals surface area (Å²) in [4.78, 5) is -0.123. The molecule has 0 N–H and O–H groups in total. The van der Waals surface area contributed by atoms with Crippen LogP contribution in [0, 0.1) is 0 Å². The van der Waals surface area contributed by atoms with Gasteiger partial charge in [0.1, 0.15) is 11.5 Å². The third-order valence-corrected chi connectivity index (χ3v) is 3.06. The van der Waals surface area contributed by atoms with Gasteiger partial charge < -0.3 is 4.74 Å². The predicted molar refractivity (Wildman–Crippen MR) is 65.2 cm³/mol. The summed E-state index contributed by atoms with van der Waals surface area (Å²) in [5.74, 6) is 1.12. The third kappa shape index (κ3) is 4.48. The van der Waals surface area contributed by atoms with Crippen molar-refractivity contribution in [2.45, 2.75) is 9.65 Å². The van der Waals surface area contributed by atoms with E-state index < -0.39 is 0 Å². The topological polar surface area (TPSA) is 9.23 Å². The molecule has 2 unspecified atom stereocenters. The van der Waals surface area contributed by atoms with Crippen LogP contribution >= 0.6 is 31.9 Å². The summed E-state index contributed by atoms with van der Waals surface area (Å²) >= 11 is 6.63. The molecule has 0 heterocycles. The molecule has 0 bridgehead atoms. The number of halogens is 2. The molecular formula is C10H12Br2O. The summed E-state index contributed by atoms with van der Waals surface area (Å²) in [6.07, 6.45) is 3.37. The van der Waals surface area contributed by atoms with Crippen molar-refractivity contribution < 1.29 is 4.74 Å². The lowest BCUT2D eigenvalue weighted by molar-refractivity contribution is 0.302. The Kier molecular flexibility index (Phi) is 6.08. The molecule has 3 heteroatoms. The summed E-state index contributed by atoms with van der Waals surface area (Å²) in [6, 6.07) is 0. The standard InChI is InChI=1S/C10H12Br2O/c1-5-9(11)7(3)13-8(4)10(12)6-2/h5-6,9-10H,1-4H2. The average Bonchev–Trinajstić information content (AvgIpc) is 2.14. The fourth-order valence-corrected chi connectivity index (χ4v) is 0.731. The zero-order chi connectivity index (χ0) is 10.4. The zero-order valence-corrected chi connectivity index (χ0v) is 10.5. The quantitative estimate of drug-likeness (QED) is 0.410. The molecule has 0 amide bonds. The average molecular weight is 308 g/mol. The molecule has 0 aliphatic heterocycles. The molecule has 1 nitrogen and oxygen atoms in total. The number of hydrogen-bond acceptors (Lipinski definition) is 1. The lowest BCUT2D eigenvalue weighted by Crippen LogP contribution is -2.06. The molecule has 0 aromatic rings. The van der Waals surface area contributed by atoms with Gasteiger partial charge >= 0.3 is 0 Å². The Hall–Kier alpha value is -0.280. The summed E-state index contributed by atoms with van der Waals surface area (Å²) in [6.45, 7) is 14.7. The first-order valence-corrected chi connectivity index (χ1v) is 5.44. The van der Waals surface area contributed by atoms with Gasteiger partial charge in [-0.15, -0.1) is 13.2 Å². The molecule has 0 fully saturated rings. The highest BCUT2D eigenvalue weighted by Gasteiger charge is 2.10. The largest absolute Gasteiger partial charge is 0.464 e. The normalized spacial score (nSPS) is 14.0. The molecule has 13 heavy (non-hydrogen) atoms. The molecule has 0 rings (SSSR count). The van der Waals surface area contributed by atoms with Crippen LogP contribution < -0.4 is 0 Å². The first-order valence-electron chi connectivity index (χ1n) is 3.61. The number of allylic oxidation sites excluding steroid dienone is 2. The lowest BCUT2D eigenvalue weighted by atomic mass is 10.3. The van der Waals surface area contributed by atoms with Gasteiger partial charge in [-0.2, -0.15) is 0 Å². The van der Waals surface area contributed by atoms with Crippen LogP contribution in [0.2, 0.25) is 0 Å². The third-order valence-electron chi connectivity index (χ3n) is 1.29. The highest BCUT2D eigenvalue weighted by Crippen LogP contribution is 2.20. The van der Waals surface area contributed by atoms with E-state index in [1.165, 1.54) is 0 Å². The van der Waals surface area contributed by atoms with Crippen LogP contribution in [0.3, 0.4) is 0 Å². The van der Waals surface area contributed by atoms with Crippen LogP contribution in [0.1, 0.15) is 0 Å². The van der Waals surface area contributed by atoms with Crippen LogP contribution in [0.4, 0.5) is 0 Å². The molecule has 0 saturated carbocycles. The first-order chi connectivity index (χ1) is 6.02. The summed E-state index contributed by atoms with van der Waals surface area (Å²) in [7, 11) is 0. The van der Waals surface area contributed by atoms with E-state index in [4.69, 9.17) is 4.74 Å². The van der Waals surface area contributed by atoms with Gasteiger partial charge in [-0.3, -0.25) is 0 Å². The van der Waals surface area contributed by atoms with E-state index in [-0.39, 0.29) is 9.65 Å². The number of alkyl halides is 2. The van der Waals surface area contributed by atoms with E-state index in [1.54, 1.807) is 12.2 Å². The maximum Gasteiger partial charge on any atom is 0.114 e. The van der Waals surface area contributed by atoms with E-state index in [9.17, 15) is 0 Å². The molecule has 0 aromatic carbocycles. The Morgan fingerprint density at radius 2 is 1.31 bits per heavy atom. The highest BCUT2D eigenvalue weighted by molar-refractivity contribution is 9.10. The van der Waals surface area contributed by atoms with Crippen LogP contribution in [0.25, 0.3) is 0 Å². The van der Waals surface area contributed by atoms with Gasteiger partial charge in [0.05, 0.1) is 9.65 Å². The summed E-state index contributed by atoms with van der Waals surface area (Å²) in [5, 5.41) is 0. The van der Waals surface area contributed by atoms with Gasteiger partial charge in [0.2, 0.25) is 0 Å². The van der Waals surface area contributed by atoms with E-state index in [1.807, 2.05) is 0 Å². The molecular weight excluding hydrogens is 296 g/mol. The van der Waals surface area contributed by atoms with Crippen LogP contribution in [-0.2, 0) is 4.74 Å². The zero-order valence-electron chi connectivity index (χ0n) is 7.30. The van der Waals surface area contributed by atoms with Crippen molar-refractivity contribution in [3.63, 3.8) is 0 Å². The van der Waals surface area contributed by atoms with Gasteiger partial charge in [-0.05, 0) is 0 Å². The van der Waals surface area contributed by atoms with E-state index in [0.29, 0.717) is 11.5 Å². The van der Waals surface area contributed by atoms with E-state index in [2.05, 4.69) is 58.2 Å². The second kappa shape index (κ2) is 6.22. The highest BCUT2D eigenvalue weighted by atomic mass is 79.9. The monoisotopic (exact) mass is 306 g/mol. The predicted octanol–water partition coefficient (Wildman–Crippen LogP) is 3.93. The van der Waals surface area contributed by atoms with E-state index >= 15 is 0 Å². The van der Waals surface area contributed by atoms with Crippen LogP contribution in [0.15, 0.2) is 50.0 Å². The Balaban J connectivity index is 4.13. The van der Waals surface area contributed by atoms with Crippen LogP contribution in [0.5, 0.6) is 0 Å². The Morgan fingerprint density at radius 1 is 1.00 bits per heavy atom. The SMILES string of the molecule is C=CC(Br)C(=C)OC(=C)C(Br)C=C. The minimum atomic E-state index is -0.0613. The van der Waals surface area contributed by atoms with E-state index in [0.717, 1.165) is 0 Å². The maximum atomic E-state index is 5.33. The smallest absolute Gasteiger partial charge is 0.114 e. The summed E-state index contributed by atoms with van der Waals surface area (Å²) < 4.78 is 5.33. The van der Waals surface area contributed by atoms with Gasteiger partial charge in [0, 0.05) is 0 Å². The minimum Gasteiger partial charge on any atom is -0.464 e. The fourth-order valence-electron chi connectivity index (χ4n) is 0.544. The molecule has 72 valence electrons. The van der Waals surface area contributed by atoms with Crippen molar-refractivity contribution >= 4 is 31.9 Å². The minimum absolute atomic E-state index is 0.0613. The molecule has 0 spiro atoms. The molecule has 0 aliphatic carbocycles. The first kappa shape index (κ1) is 12.7. The maximum absolute atomic E-state index is 5.33. The fraction of sp³-hybridized carbons (Fsp3) is 0.200. The Morgan fingerprint density at radius 3 is 1.54 bits per heavy atom. The second-order valence-corrected chi connectivity index (χ2v) is 4.28. The Bertz CT molecular complexity index is 209. The van der Waals surface area contributed by atoms with Gasteiger partial charge in [-0.1, -0.05) is 57.2 Å². The summed E-state index contributed by atoms with van der Waals surface area (Å²) in [5.41, 5.74) is 0. The van der Waals surface area contributed by atoms with Crippen molar-refractivity contribution in [1.82, 2.24) is 0 Å². The molecule has 0 saturated heterocycles. The van der Waals surface area contributed by atoms with Crippen molar-refractivity contribution in [2.75, 3.05) is 0 Å². The second-order valence-electron chi connectivity index (χ2n) is 2.31. The molecule has 0 aliphatic rings.